The van der Waals surface area contributed by atoms with Crippen molar-refractivity contribution in [3.05, 3.63) is 41.6 Å². The summed E-state index contributed by atoms with van der Waals surface area (Å²) in [6, 6.07) is 6.85. The number of hydrogen-bond donors (Lipinski definition) is 2. The maximum absolute atomic E-state index is 11.6. The Bertz CT molecular complexity index is 939. The second-order valence-corrected chi connectivity index (χ2v) is 7.72. The number of piperazine rings is 1. The van der Waals surface area contributed by atoms with Crippen LogP contribution in [0.3, 0.4) is 0 Å². The Kier molecular flexibility index (Phi) is 5.87. The molecule has 1 saturated heterocycles. The topological polar surface area (TPSA) is 68.4 Å². The first kappa shape index (κ1) is 20.9. The summed E-state index contributed by atoms with van der Waals surface area (Å²) in [7, 11) is 2.18. The van der Waals surface area contributed by atoms with E-state index in [0.717, 1.165) is 19.5 Å². The Labute approximate surface area is 176 Å². The fourth-order valence-corrected chi connectivity index (χ4v) is 4.82. The molecule has 0 spiro atoms. The molecule has 1 aromatic carbocycles. The van der Waals surface area contributed by atoms with Crippen molar-refractivity contribution in [3.8, 4) is 0 Å². The molecule has 3 aliphatic rings. The fraction of sp³-hybridized carbons (Fsp3) is 0.400. The number of likely N-dealkylation sites (N-methyl/N-ethyl adjacent to an activating group) is 1. The van der Waals surface area contributed by atoms with E-state index in [1.807, 2.05) is 4.90 Å². The van der Waals surface area contributed by atoms with Gasteiger partial charge in [-0.25, -0.2) is 0 Å². The standard InChI is InChI=1S/C20H22N4O2.2ClH/c1-23-8-12(9-24-10-18(25)22-19(26)11-24)5-15-14-3-2-4-16-20(14)13(7-21-16)6-17(15)23;;/h2-5,7,12,17,21H,6,8-11H2,1H3,(H,22,25,26);2*1H/t12-,17-;;/m1../s1. The molecular weight excluding hydrogens is 399 g/mol. The normalized spacial score (nSPS) is 24.7. The van der Waals surface area contributed by atoms with Crippen molar-refractivity contribution in [2.24, 2.45) is 5.92 Å². The molecule has 3 heterocycles. The molecule has 1 fully saturated rings. The molecule has 1 aromatic heterocycles. The number of imide groups is 1. The smallest absolute Gasteiger partial charge is 0.240 e. The summed E-state index contributed by atoms with van der Waals surface area (Å²) >= 11 is 0. The van der Waals surface area contributed by atoms with E-state index in [1.54, 1.807) is 0 Å². The summed E-state index contributed by atoms with van der Waals surface area (Å²) in [5.74, 6) is -0.0913. The van der Waals surface area contributed by atoms with E-state index >= 15 is 0 Å². The molecule has 0 radical (unpaired) electrons. The van der Waals surface area contributed by atoms with Gasteiger partial charge in [-0.3, -0.25) is 24.7 Å². The molecular formula is C20H24Cl2N4O2. The van der Waals surface area contributed by atoms with Crippen molar-refractivity contribution in [1.29, 1.82) is 0 Å². The Morgan fingerprint density at radius 2 is 1.89 bits per heavy atom. The largest absolute Gasteiger partial charge is 0.361 e. The van der Waals surface area contributed by atoms with Crippen molar-refractivity contribution >= 4 is 53.1 Å². The van der Waals surface area contributed by atoms with Gasteiger partial charge in [0.1, 0.15) is 0 Å². The number of halogens is 2. The third-order valence-corrected chi connectivity index (χ3v) is 5.85. The van der Waals surface area contributed by atoms with Gasteiger partial charge in [-0.1, -0.05) is 18.2 Å². The van der Waals surface area contributed by atoms with Crippen LogP contribution in [-0.4, -0.2) is 65.9 Å². The molecule has 2 aliphatic heterocycles. The second kappa shape index (κ2) is 7.87. The first-order chi connectivity index (χ1) is 12.6. The number of H-pyrrole nitrogens is 1. The lowest BCUT2D eigenvalue weighted by Gasteiger charge is -2.41. The molecule has 0 bridgehead atoms. The number of aromatic amines is 1. The lowest BCUT2D eigenvalue weighted by atomic mass is 9.80. The number of aromatic nitrogens is 1. The molecule has 8 heteroatoms. The summed E-state index contributed by atoms with van der Waals surface area (Å²) in [5, 5.41) is 3.72. The highest BCUT2D eigenvalue weighted by Gasteiger charge is 2.34. The number of carbonyl (C=O) groups is 2. The SMILES string of the molecule is CN1C[C@H](CN2CC(=O)NC(=O)C2)C=C2c3cccc4[nH]cc(c34)C[C@H]21.Cl.Cl. The van der Waals surface area contributed by atoms with Crippen LogP contribution in [0.2, 0.25) is 0 Å². The van der Waals surface area contributed by atoms with Gasteiger partial charge >= 0.3 is 0 Å². The number of carbonyl (C=O) groups excluding carboxylic acids is 2. The summed E-state index contributed by atoms with van der Waals surface area (Å²) in [6.45, 7) is 2.28. The summed E-state index contributed by atoms with van der Waals surface area (Å²) in [4.78, 5) is 31.1. The molecule has 0 saturated carbocycles. The van der Waals surface area contributed by atoms with Gasteiger partial charge in [-0.05, 0) is 36.2 Å². The molecule has 0 unspecified atom stereocenters. The van der Waals surface area contributed by atoms with Crippen molar-refractivity contribution < 1.29 is 9.59 Å². The number of amides is 2. The van der Waals surface area contributed by atoms with Crippen molar-refractivity contribution in [1.82, 2.24) is 20.1 Å². The number of rotatable bonds is 2. The van der Waals surface area contributed by atoms with E-state index in [1.165, 1.54) is 27.6 Å². The molecule has 6 nitrogen and oxygen atoms in total. The van der Waals surface area contributed by atoms with Crippen LogP contribution in [0.15, 0.2) is 30.5 Å². The monoisotopic (exact) mass is 422 g/mol. The maximum atomic E-state index is 11.6. The van der Waals surface area contributed by atoms with Crippen molar-refractivity contribution in [3.63, 3.8) is 0 Å². The summed E-state index contributed by atoms with van der Waals surface area (Å²) < 4.78 is 0. The van der Waals surface area contributed by atoms with Crippen LogP contribution in [0.5, 0.6) is 0 Å². The van der Waals surface area contributed by atoms with Gasteiger partial charge in [-0.15, -0.1) is 24.8 Å². The average molecular weight is 423 g/mol. The fourth-order valence-electron chi connectivity index (χ4n) is 4.82. The Morgan fingerprint density at radius 1 is 1.14 bits per heavy atom. The maximum Gasteiger partial charge on any atom is 0.240 e. The van der Waals surface area contributed by atoms with E-state index in [0.29, 0.717) is 25.0 Å². The lowest BCUT2D eigenvalue weighted by molar-refractivity contribution is -0.136. The highest BCUT2D eigenvalue weighted by Crippen LogP contribution is 2.40. The van der Waals surface area contributed by atoms with Crippen LogP contribution in [0.1, 0.15) is 11.1 Å². The van der Waals surface area contributed by atoms with Crippen LogP contribution in [0.25, 0.3) is 16.5 Å². The number of nitrogens with one attached hydrogen (secondary N) is 2. The second-order valence-electron chi connectivity index (χ2n) is 7.72. The van der Waals surface area contributed by atoms with Crippen molar-refractivity contribution in [2.75, 3.05) is 33.2 Å². The highest BCUT2D eigenvalue weighted by atomic mass is 35.5. The molecule has 2 amide bonds. The first-order valence-electron chi connectivity index (χ1n) is 9.15. The zero-order chi connectivity index (χ0) is 17.8. The molecule has 2 aromatic rings. The molecule has 150 valence electrons. The van der Waals surface area contributed by atoms with Crippen molar-refractivity contribution in [2.45, 2.75) is 12.5 Å². The molecule has 1 aliphatic carbocycles. The first-order valence-corrected chi connectivity index (χ1v) is 9.15. The number of fused-ring (bicyclic) bond motifs is 2. The lowest BCUT2D eigenvalue weighted by Crippen LogP contribution is -2.53. The third kappa shape index (κ3) is 3.46. The van der Waals surface area contributed by atoms with E-state index < -0.39 is 0 Å². The Hall–Kier alpha value is -1.86. The number of hydrogen-bond acceptors (Lipinski definition) is 4. The minimum Gasteiger partial charge on any atom is -0.361 e. The highest BCUT2D eigenvalue weighted by molar-refractivity contribution is 5.99. The van der Waals surface area contributed by atoms with Gasteiger partial charge in [0.15, 0.2) is 0 Å². The molecule has 2 atom stereocenters. The predicted octanol–water partition coefficient (Wildman–Crippen LogP) is 1.84. The number of benzene rings is 1. The Balaban J connectivity index is 0.00000112. The van der Waals surface area contributed by atoms with E-state index in [-0.39, 0.29) is 36.6 Å². The molecule has 28 heavy (non-hydrogen) atoms. The van der Waals surface area contributed by atoms with Gasteiger partial charge in [0.05, 0.1) is 13.1 Å². The van der Waals surface area contributed by atoms with Gasteiger partial charge in [0.25, 0.3) is 0 Å². The minimum atomic E-state index is -0.199. The van der Waals surface area contributed by atoms with Gasteiger partial charge in [0, 0.05) is 42.1 Å². The average Bonchev–Trinajstić information content (AvgIpc) is 3.00. The minimum absolute atomic E-state index is 0. The van der Waals surface area contributed by atoms with Crippen LogP contribution in [0.4, 0.5) is 0 Å². The van der Waals surface area contributed by atoms with Gasteiger partial charge in [-0.2, -0.15) is 0 Å². The van der Waals surface area contributed by atoms with Crippen LogP contribution >= 0.6 is 24.8 Å². The Morgan fingerprint density at radius 3 is 2.64 bits per heavy atom. The van der Waals surface area contributed by atoms with Gasteiger partial charge in [0.2, 0.25) is 11.8 Å². The summed E-state index contributed by atoms with van der Waals surface area (Å²) in [6.07, 6.45) is 5.55. The van der Waals surface area contributed by atoms with Crippen LogP contribution in [0, 0.1) is 5.92 Å². The quantitative estimate of drug-likeness (QED) is 0.724. The zero-order valence-electron chi connectivity index (χ0n) is 15.6. The van der Waals surface area contributed by atoms with Gasteiger partial charge < -0.3 is 4.98 Å². The van der Waals surface area contributed by atoms with Crippen LogP contribution < -0.4 is 5.32 Å². The van der Waals surface area contributed by atoms with Crippen LogP contribution in [-0.2, 0) is 16.0 Å². The van der Waals surface area contributed by atoms with E-state index in [2.05, 4.69) is 52.7 Å². The third-order valence-electron chi connectivity index (χ3n) is 5.85. The van der Waals surface area contributed by atoms with E-state index in [9.17, 15) is 9.59 Å². The molecule has 5 rings (SSSR count). The number of nitrogens with zero attached hydrogens (tertiary/aromatic N) is 2. The zero-order valence-corrected chi connectivity index (χ0v) is 17.2. The predicted molar refractivity (Wildman–Crippen MR) is 114 cm³/mol. The summed E-state index contributed by atoms with van der Waals surface area (Å²) in [5.41, 5.74) is 5.29. The molecule has 2 N–H and O–H groups in total. The van der Waals surface area contributed by atoms with E-state index in [4.69, 9.17) is 0 Å².